The third kappa shape index (κ3) is 8.75. The zero-order valence-electron chi connectivity index (χ0n) is 26.4. The van der Waals surface area contributed by atoms with E-state index in [0.29, 0.717) is 24.7 Å². The minimum atomic E-state index is -1.15. The SMILES string of the molecule is CC(C)(C1CCC(OOCC2CCC(C(=O)O)CC2C(=O)O)CC1)C1CCC(OC(=O)C2CCC(C(=O)O)CC2C(=O)O)CC1. The number of carboxylic acid groups (broad SMARTS) is 4. The van der Waals surface area contributed by atoms with Crippen molar-refractivity contribution in [3.05, 3.63) is 0 Å². The molecule has 45 heavy (non-hydrogen) atoms. The van der Waals surface area contributed by atoms with E-state index in [-0.39, 0.29) is 55.8 Å². The van der Waals surface area contributed by atoms with Gasteiger partial charge in [-0.3, -0.25) is 24.0 Å². The summed E-state index contributed by atoms with van der Waals surface area (Å²) < 4.78 is 5.81. The van der Waals surface area contributed by atoms with Crippen molar-refractivity contribution in [2.24, 2.45) is 52.8 Å². The molecule has 4 aliphatic rings. The summed E-state index contributed by atoms with van der Waals surface area (Å²) in [6.45, 7) is 4.76. The van der Waals surface area contributed by atoms with Crippen molar-refractivity contribution < 1.29 is 58.9 Å². The minimum absolute atomic E-state index is 0.0501. The van der Waals surface area contributed by atoms with Gasteiger partial charge in [0.15, 0.2) is 0 Å². The second-order valence-electron chi connectivity index (χ2n) is 14.5. The summed E-state index contributed by atoms with van der Waals surface area (Å²) in [4.78, 5) is 70.4. The lowest BCUT2D eigenvalue weighted by molar-refractivity contribution is -0.338. The Morgan fingerprint density at radius 1 is 0.578 bits per heavy atom. The Hall–Kier alpha value is -2.73. The van der Waals surface area contributed by atoms with Crippen LogP contribution in [0.15, 0.2) is 0 Å². The van der Waals surface area contributed by atoms with Crippen LogP contribution < -0.4 is 0 Å². The zero-order chi connectivity index (χ0) is 32.9. The number of ether oxygens (including phenoxy) is 1. The van der Waals surface area contributed by atoms with Crippen molar-refractivity contribution in [2.75, 3.05) is 6.61 Å². The van der Waals surface area contributed by atoms with Gasteiger partial charge in [-0.2, -0.15) is 0 Å². The van der Waals surface area contributed by atoms with Crippen LogP contribution in [-0.2, 0) is 38.5 Å². The van der Waals surface area contributed by atoms with Gasteiger partial charge in [-0.25, -0.2) is 9.78 Å². The van der Waals surface area contributed by atoms with Crippen LogP contribution >= 0.6 is 0 Å². The standard InChI is InChI=1S/C33H50O12/c1-33(2,21-6-10-23(11-7-21)44-32(42)25-14-5-19(29(36)37)16-27(25)31(40)41)22-8-12-24(13-9-22)45-43-17-20-4-3-18(28(34)35)15-26(20)30(38)39/h18-27H,3-17H2,1-2H3,(H,34,35)(H,36,37)(H,38,39)(H,40,41). The Bertz CT molecular complexity index is 1070. The number of rotatable bonds is 12. The average Bonchev–Trinajstić information content (AvgIpc) is 3.01. The molecule has 0 aromatic carbocycles. The molecule has 12 nitrogen and oxygen atoms in total. The fourth-order valence-electron chi connectivity index (χ4n) is 8.55. The zero-order valence-corrected chi connectivity index (χ0v) is 26.4. The van der Waals surface area contributed by atoms with Crippen molar-refractivity contribution in [3.63, 3.8) is 0 Å². The van der Waals surface area contributed by atoms with Gasteiger partial charge in [-0.15, -0.1) is 0 Å². The van der Waals surface area contributed by atoms with Crippen molar-refractivity contribution in [2.45, 2.75) is 116 Å². The Kier molecular flexibility index (Phi) is 11.9. The highest BCUT2D eigenvalue weighted by Gasteiger charge is 2.45. The lowest BCUT2D eigenvalue weighted by atomic mass is 9.60. The average molecular weight is 639 g/mol. The third-order valence-electron chi connectivity index (χ3n) is 11.7. The number of aliphatic carboxylic acids is 4. The number of esters is 1. The number of carboxylic acids is 4. The third-order valence-corrected chi connectivity index (χ3v) is 11.7. The highest BCUT2D eigenvalue weighted by molar-refractivity contribution is 5.82. The van der Waals surface area contributed by atoms with Crippen LogP contribution in [0, 0.1) is 52.8 Å². The van der Waals surface area contributed by atoms with Gasteiger partial charge in [-0.05, 0) is 113 Å². The molecule has 0 bridgehead atoms. The van der Waals surface area contributed by atoms with Gasteiger partial charge in [0, 0.05) is 0 Å². The molecule has 4 rings (SSSR count). The first-order chi connectivity index (χ1) is 21.3. The molecule has 0 aromatic heterocycles. The molecule has 0 aromatic rings. The van der Waals surface area contributed by atoms with Gasteiger partial charge in [0.2, 0.25) is 0 Å². The summed E-state index contributed by atoms with van der Waals surface area (Å²) in [7, 11) is 0. The summed E-state index contributed by atoms with van der Waals surface area (Å²) in [6, 6.07) is 0. The predicted molar refractivity (Wildman–Crippen MR) is 158 cm³/mol. The maximum atomic E-state index is 13.0. The molecule has 0 saturated heterocycles. The molecule has 4 fully saturated rings. The van der Waals surface area contributed by atoms with Gasteiger partial charge < -0.3 is 25.2 Å². The van der Waals surface area contributed by atoms with Crippen LogP contribution in [-0.4, -0.2) is 69.1 Å². The monoisotopic (exact) mass is 638 g/mol. The van der Waals surface area contributed by atoms with E-state index in [2.05, 4.69) is 13.8 Å². The Morgan fingerprint density at radius 2 is 1.07 bits per heavy atom. The van der Waals surface area contributed by atoms with Crippen LogP contribution in [0.2, 0.25) is 0 Å². The molecular formula is C33H50O12. The first-order valence-electron chi connectivity index (χ1n) is 16.7. The van der Waals surface area contributed by atoms with E-state index in [1.807, 2.05) is 0 Å². The molecule has 6 unspecified atom stereocenters. The van der Waals surface area contributed by atoms with E-state index in [4.69, 9.17) is 14.5 Å². The van der Waals surface area contributed by atoms with E-state index in [0.717, 1.165) is 51.4 Å². The molecular weight excluding hydrogens is 588 g/mol. The maximum Gasteiger partial charge on any atom is 0.310 e. The summed E-state index contributed by atoms with van der Waals surface area (Å²) in [5.74, 6) is -7.91. The highest BCUT2D eigenvalue weighted by atomic mass is 17.2. The highest BCUT2D eigenvalue weighted by Crippen LogP contribution is 2.49. The molecule has 0 amide bonds. The topological polar surface area (TPSA) is 194 Å². The molecule has 6 atom stereocenters. The fraction of sp³-hybridized carbons (Fsp3) is 0.848. The lowest BCUT2D eigenvalue weighted by Gasteiger charge is -2.46. The minimum Gasteiger partial charge on any atom is -0.481 e. The summed E-state index contributed by atoms with van der Waals surface area (Å²) >= 11 is 0. The second kappa shape index (κ2) is 15.2. The number of hydrogen-bond donors (Lipinski definition) is 4. The van der Waals surface area contributed by atoms with E-state index < -0.39 is 59.4 Å². The van der Waals surface area contributed by atoms with Gasteiger partial charge >= 0.3 is 29.8 Å². The van der Waals surface area contributed by atoms with E-state index in [1.165, 1.54) is 0 Å². The summed E-state index contributed by atoms with van der Waals surface area (Å²) in [5.41, 5.74) is 0.0713. The molecule has 0 radical (unpaired) electrons. The Morgan fingerprint density at radius 3 is 1.58 bits per heavy atom. The van der Waals surface area contributed by atoms with Crippen LogP contribution in [0.25, 0.3) is 0 Å². The van der Waals surface area contributed by atoms with Crippen molar-refractivity contribution in [3.8, 4) is 0 Å². The van der Waals surface area contributed by atoms with Gasteiger partial charge in [-0.1, -0.05) is 13.8 Å². The largest absolute Gasteiger partial charge is 0.481 e. The van der Waals surface area contributed by atoms with Crippen LogP contribution in [0.5, 0.6) is 0 Å². The predicted octanol–water partition coefficient (Wildman–Crippen LogP) is 5.03. The van der Waals surface area contributed by atoms with Gasteiger partial charge in [0.05, 0.1) is 42.3 Å². The molecule has 12 heteroatoms. The molecule has 0 heterocycles. The normalized spacial score (nSPS) is 36.0. The number of hydrogen-bond acceptors (Lipinski definition) is 8. The van der Waals surface area contributed by atoms with E-state index in [9.17, 15) is 44.4 Å². The smallest absolute Gasteiger partial charge is 0.310 e. The van der Waals surface area contributed by atoms with Crippen molar-refractivity contribution in [1.82, 2.24) is 0 Å². The van der Waals surface area contributed by atoms with Crippen LogP contribution in [0.4, 0.5) is 0 Å². The lowest BCUT2D eigenvalue weighted by Crippen LogP contribution is -2.41. The maximum absolute atomic E-state index is 13.0. The Labute approximate surface area is 264 Å². The molecule has 4 N–H and O–H groups in total. The number of carbonyl (C=O) groups excluding carboxylic acids is 1. The summed E-state index contributed by atoms with van der Waals surface area (Å²) in [5, 5.41) is 37.8. The molecule has 4 aliphatic carbocycles. The van der Waals surface area contributed by atoms with E-state index >= 15 is 0 Å². The van der Waals surface area contributed by atoms with Crippen molar-refractivity contribution >= 4 is 29.8 Å². The number of carbonyl (C=O) groups is 5. The van der Waals surface area contributed by atoms with E-state index in [1.54, 1.807) is 0 Å². The van der Waals surface area contributed by atoms with Crippen LogP contribution in [0.1, 0.15) is 104 Å². The van der Waals surface area contributed by atoms with Crippen LogP contribution in [0.3, 0.4) is 0 Å². The molecule has 4 saturated carbocycles. The van der Waals surface area contributed by atoms with Crippen molar-refractivity contribution in [1.29, 1.82) is 0 Å². The first kappa shape index (κ1) is 35.1. The van der Waals surface area contributed by atoms with Gasteiger partial charge in [0.1, 0.15) is 6.10 Å². The van der Waals surface area contributed by atoms with Gasteiger partial charge in [0.25, 0.3) is 0 Å². The molecule has 0 aliphatic heterocycles. The first-order valence-corrected chi connectivity index (χ1v) is 16.7. The quantitative estimate of drug-likeness (QED) is 0.127. The Balaban J connectivity index is 1.17. The summed E-state index contributed by atoms with van der Waals surface area (Å²) in [6.07, 6.45) is 8.06. The molecule has 0 spiro atoms. The fourth-order valence-corrected chi connectivity index (χ4v) is 8.55. The molecule has 254 valence electrons. The second-order valence-corrected chi connectivity index (χ2v) is 14.5.